The molecule has 0 radical (unpaired) electrons. The third kappa shape index (κ3) is 4.47. The third-order valence-electron chi connectivity index (χ3n) is 2.32. The molecule has 0 aliphatic heterocycles. The van der Waals surface area contributed by atoms with Crippen LogP contribution in [0.5, 0.6) is 0 Å². The summed E-state index contributed by atoms with van der Waals surface area (Å²) in [6, 6.07) is 3.87. The molecule has 1 aromatic rings. The van der Waals surface area contributed by atoms with Gasteiger partial charge >= 0.3 is 0 Å². The van der Waals surface area contributed by atoms with E-state index in [1.165, 1.54) is 0 Å². The number of aromatic nitrogens is 2. The van der Waals surface area contributed by atoms with E-state index in [0.717, 1.165) is 0 Å². The fourth-order valence-electron chi connectivity index (χ4n) is 1.45. The minimum atomic E-state index is -0.0703. The normalized spacial score (nSPS) is 11.9. The van der Waals surface area contributed by atoms with Crippen molar-refractivity contribution in [2.75, 3.05) is 25.1 Å². The zero-order chi connectivity index (χ0) is 13.5. The van der Waals surface area contributed by atoms with Gasteiger partial charge in [-0.2, -0.15) is 5.26 Å². The summed E-state index contributed by atoms with van der Waals surface area (Å²) in [5.74, 6) is 1.18. The summed E-state index contributed by atoms with van der Waals surface area (Å²) in [7, 11) is 1.87. The van der Waals surface area contributed by atoms with Crippen molar-refractivity contribution in [1.29, 1.82) is 5.26 Å². The topological polar surface area (TPSA) is 62.0 Å². The molecular weight excluding hydrogens is 252 g/mol. The van der Waals surface area contributed by atoms with E-state index >= 15 is 0 Å². The molecule has 0 bridgehead atoms. The minimum absolute atomic E-state index is 0.0703. The van der Waals surface area contributed by atoms with Gasteiger partial charge in [-0.15, -0.1) is 0 Å². The number of halogens is 1. The van der Waals surface area contributed by atoms with Crippen molar-refractivity contribution < 1.29 is 4.74 Å². The molecule has 0 spiro atoms. The summed E-state index contributed by atoms with van der Waals surface area (Å²) in [4.78, 5) is 10.3. The number of nitrogens with zero attached hydrogens (tertiary/aromatic N) is 4. The lowest BCUT2D eigenvalue weighted by Crippen LogP contribution is -2.24. The minimum Gasteiger partial charge on any atom is -0.374 e. The van der Waals surface area contributed by atoms with E-state index in [-0.39, 0.29) is 5.92 Å². The number of anilines is 1. The highest BCUT2D eigenvalue weighted by Crippen LogP contribution is 2.16. The van der Waals surface area contributed by atoms with Crippen LogP contribution >= 0.6 is 11.6 Å². The number of hydrogen-bond donors (Lipinski definition) is 0. The average molecular weight is 269 g/mol. The summed E-state index contributed by atoms with van der Waals surface area (Å²) >= 11 is 5.95. The maximum Gasteiger partial charge on any atom is 0.158 e. The van der Waals surface area contributed by atoms with E-state index in [0.29, 0.717) is 36.6 Å². The highest BCUT2D eigenvalue weighted by molar-refractivity contribution is 6.29. The van der Waals surface area contributed by atoms with Gasteiger partial charge in [-0.05, 0) is 13.8 Å². The van der Waals surface area contributed by atoms with Gasteiger partial charge in [-0.1, -0.05) is 11.6 Å². The van der Waals surface area contributed by atoms with Crippen molar-refractivity contribution in [2.45, 2.75) is 20.5 Å². The second-order valence-electron chi connectivity index (χ2n) is 4.01. The molecule has 0 aromatic carbocycles. The van der Waals surface area contributed by atoms with Crippen molar-refractivity contribution >= 4 is 17.4 Å². The lowest BCUT2D eigenvalue weighted by molar-refractivity contribution is 0.128. The van der Waals surface area contributed by atoms with E-state index in [1.54, 1.807) is 6.07 Å². The Kier molecular flexibility index (Phi) is 5.83. The van der Waals surface area contributed by atoms with Crippen LogP contribution in [0.4, 0.5) is 5.82 Å². The van der Waals surface area contributed by atoms with Crippen LogP contribution < -0.4 is 4.90 Å². The Hall–Kier alpha value is -1.38. The maximum absolute atomic E-state index is 8.80. The number of rotatable bonds is 6. The average Bonchev–Trinajstić information content (AvgIpc) is 2.35. The predicted molar refractivity (Wildman–Crippen MR) is 70.4 cm³/mol. The van der Waals surface area contributed by atoms with Crippen LogP contribution in [-0.4, -0.2) is 30.2 Å². The number of nitriles is 1. The van der Waals surface area contributed by atoms with Gasteiger partial charge in [0.05, 0.1) is 12.0 Å². The lowest BCUT2D eigenvalue weighted by atomic mass is 10.2. The number of ether oxygens (including phenoxy) is 1. The summed E-state index contributed by atoms with van der Waals surface area (Å²) < 4.78 is 5.26. The second-order valence-corrected chi connectivity index (χ2v) is 4.40. The quantitative estimate of drug-likeness (QED) is 0.741. The molecule has 0 saturated heterocycles. The van der Waals surface area contributed by atoms with Gasteiger partial charge in [-0.25, -0.2) is 9.97 Å². The summed E-state index contributed by atoms with van der Waals surface area (Å²) in [6.07, 6.45) is 0. The smallest absolute Gasteiger partial charge is 0.158 e. The molecule has 98 valence electrons. The van der Waals surface area contributed by atoms with Crippen LogP contribution in [0.25, 0.3) is 0 Å². The van der Waals surface area contributed by atoms with E-state index < -0.39 is 0 Å². The monoisotopic (exact) mass is 268 g/mol. The highest BCUT2D eigenvalue weighted by atomic mass is 35.5. The van der Waals surface area contributed by atoms with Crippen LogP contribution in [0.2, 0.25) is 5.15 Å². The molecule has 1 heterocycles. The molecule has 1 rings (SSSR count). The first kappa shape index (κ1) is 14.7. The second kappa shape index (κ2) is 7.14. The van der Waals surface area contributed by atoms with Gasteiger partial charge in [0, 0.05) is 26.3 Å². The van der Waals surface area contributed by atoms with Crippen molar-refractivity contribution in [3.05, 3.63) is 17.0 Å². The summed E-state index contributed by atoms with van der Waals surface area (Å²) in [5, 5.41) is 9.18. The SMILES string of the molecule is CCOCc1nc(Cl)cc(N(C)CC(C)C#N)n1. The largest absolute Gasteiger partial charge is 0.374 e. The Balaban J connectivity index is 2.81. The first-order chi connectivity index (χ1) is 8.56. The van der Waals surface area contributed by atoms with Crippen LogP contribution in [0.1, 0.15) is 19.7 Å². The van der Waals surface area contributed by atoms with Gasteiger partial charge in [0.1, 0.15) is 17.6 Å². The molecule has 0 aliphatic carbocycles. The van der Waals surface area contributed by atoms with Crippen LogP contribution in [-0.2, 0) is 11.3 Å². The van der Waals surface area contributed by atoms with Crippen molar-refractivity contribution in [3.8, 4) is 6.07 Å². The molecule has 6 heteroatoms. The van der Waals surface area contributed by atoms with Crippen LogP contribution in [0, 0.1) is 17.2 Å². The molecule has 1 unspecified atom stereocenters. The molecule has 0 aliphatic rings. The predicted octanol–water partition coefficient (Wildman–Crippen LogP) is 2.26. The highest BCUT2D eigenvalue weighted by Gasteiger charge is 2.10. The third-order valence-corrected chi connectivity index (χ3v) is 2.52. The van der Waals surface area contributed by atoms with Crippen LogP contribution in [0.15, 0.2) is 6.07 Å². The molecule has 0 saturated carbocycles. The van der Waals surface area contributed by atoms with Gasteiger partial charge in [0.25, 0.3) is 0 Å². The van der Waals surface area contributed by atoms with Crippen LogP contribution in [0.3, 0.4) is 0 Å². The summed E-state index contributed by atoms with van der Waals surface area (Å²) in [5.41, 5.74) is 0. The summed E-state index contributed by atoms with van der Waals surface area (Å²) in [6.45, 7) is 5.31. The standard InChI is InChI=1S/C12H17ClN4O/c1-4-18-8-11-15-10(13)5-12(16-11)17(3)7-9(2)6-14/h5,9H,4,7-8H2,1-3H3. The van der Waals surface area contributed by atoms with E-state index in [1.807, 2.05) is 25.8 Å². The molecule has 1 aromatic heterocycles. The molecular formula is C12H17ClN4O. The van der Waals surface area contributed by atoms with Crippen molar-refractivity contribution in [1.82, 2.24) is 9.97 Å². The Labute approximate surface area is 112 Å². The first-order valence-corrected chi connectivity index (χ1v) is 6.16. The lowest BCUT2D eigenvalue weighted by Gasteiger charge is -2.19. The fraction of sp³-hybridized carbons (Fsp3) is 0.583. The first-order valence-electron chi connectivity index (χ1n) is 5.78. The van der Waals surface area contributed by atoms with E-state index in [2.05, 4.69) is 16.0 Å². The molecule has 1 atom stereocenters. The van der Waals surface area contributed by atoms with Gasteiger partial charge in [0.15, 0.2) is 5.82 Å². The zero-order valence-corrected chi connectivity index (χ0v) is 11.6. The Morgan fingerprint density at radius 3 is 2.89 bits per heavy atom. The molecule has 0 fully saturated rings. The van der Waals surface area contributed by atoms with Crippen molar-refractivity contribution in [2.24, 2.45) is 5.92 Å². The Morgan fingerprint density at radius 1 is 1.56 bits per heavy atom. The fourth-order valence-corrected chi connectivity index (χ4v) is 1.65. The maximum atomic E-state index is 8.80. The Bertz CT molecular complexity index is 433. The molecule has 18 heavy (non-hydrogen) atoms. The zero-order valence-electron chi connectivity index (χ0n) is 10.9. The molecule has 0 N–H and O–H groups in total. The van der Waals surface area contributed by atoms with Gasteiger partial charge in [-0.3, -0.25) is 0 Å². The van der Waals surface area contributed by atoms with E-state index in [4.69, 9.17) is 21.6 Å². The Morgan fingerprint density at radius 2 is 2.28 bits per heavy atom. The van der Waals surface area contributed by atoms with Crippen molar-refractivity contribution in [3.63, 3.8) is 0 Å². The molecule has 0 amide bonds. The number of hydrogen-bond acceptors (Lipinski definition) is 5. The molecule has 5 nitrogen and oxygen atoms in total. The van der Waals surface area contributed by atoms with Gasteiger partial charge < -0.3 is 9.64 Å². The van der Waals surface area contributed by atoms with Gasteiger partial charge in [0.2, 0.25) is 0 Å². The van der Waals surface area contributed by atoms with E-state index in [9.17, 15) is 0 Å².